The van der Waals surface area contributed by atoms with E-state index in [-0.39, 0.29) is 28.9 Å². The monoisotopic (exact) mass is 574 g/mol. The Kier molecular flexibility index (Phi) is 12.6. The summed E-state index contributed by atoms with van der Waals surface area (Å²) in [5.74, 6) is 1.50. The van der Waals surface area contributed by atoms with Crippen LogP contribution in [-0.4, -0.2) is 28.0 Å². The zero-order valence-corrected chi connectivity index (χ0v) is 22.2. The lowest BCUT2D eigenvalue weighted by Crippen LogP contribution is -2.36. The number of aliphatic imine (C=N–C) groups is 1. The largest absolute Gasteiger partial charge is 0.493 e. The number of hydrogen-bond donors (Lipinski definition) is 3. The van der Waals surface area contributed by atoms with Gasteiger partial charge in [0.05, 0.1) is 11.5 Å². The van der Waals surface area contributed by atoms with Crippen molar-refractivity contribution in [3.05, 3.63) is 59.2 Å². The van der Waals surface area contributed by atoms with Crippen LogP contribution >= 0.6 is 24.0 Å². The molecule has 2 aromatic rings. The van der Waals surface area contributed by atoms with Crippen molar-refractivity contribution in [2.24, 2.45) is 10.1 Å². The standard InChI is InChI=1S/C23H34N4O3S.HI/c1-4-5-6-7-13-30-22-14-18(2)11-12-20(22)17-27-23(25-3)26-16-19-9-8-10-21(15-19)31(24,28)29;/h8-12,14-15H,4-7,13,16-17H2,1-3H3,(H2,24,28,29)(H2,25,26,27);1H. The molecule has 0 spiro atoms. The third-order valence-electron chi connectivity index (χ3n) is 4.83. The van der Waals surface area contributed by atoms with E-state index in [1.807, 2.05) is 6.07 Å². The Balaban J connectivity index is 0.00000512. The summed E-state index contributed by atoms with van der Waals surface area (Å²) in [5.41, 5.74) is 3.01. The van der Waals surface area contributed by atoms with E-state index in [2.05, 4.69) is 47.7 Å². The number of aryl methyl sites for hydroxylation is 1. The van der Waals surface area contributed by atoms with Gasteiger partial charge in [0.2, 0.25) is 10.0 Å². The average molecular weight is 575 g/mol. The Bertz CT molecular complexity index is 981. The number of guanidine groups is 1. The van der Waals surface area contributed by atoms with Crippen molar-refractivity contribution in [2.45, 2.75) is 57.5 Å². The first-order valence-electron chi connectivity index (χ1n) is 10.6. The molecular weight excluding hydrogens is 539 g/mol. The molecule has 0 radical (unpaired) electrons. The molecule has 9 heteroatoms. The lowest BCUT2D eigenvalue weighted by atomic mass is 10.1. The van der Waals surface area contributed by atoms with Crippen LogP contribution in [0.25, 0.3) is 0 Å². The zero-order chi connectivity index (χ0) is 22.7. The predicted molar refractivity (Wildman–Crippen MR) is 141 cm³/mol. The van der Waals surface area contributed by atoms with Gasteiger partial charge >= 0.3 is 0 Å². The molecule has 2 aromatic carbocycles. The molecule has 2 rings (SSSR count). The van der Waals surface area contributed by atoms with Crippen LogP contribution < -0.4 is 20.5 Å². The summed E-state index contributed by atoms with van der Waals surface area (Å²) >= 11 is 0. The molecule has 0 unspecified atom stereocenters. The van der Waals surface area contributed by atoms with E-state index in [0.717, 1.165) is 28.9 Å². The highest BCUT2D eigenvalue weighted by molar-refractivity contribution is 14.0. The van der Waals surface area contributed by atoms with Crippen LogP contribution in [0.1, 0.15) is 49.3 Å². The molecule has 7 nitrogen and oxygen atoms in total. The maximum absolute atomic E-state index is 11.5. The van der Waals surface area contributed by atoms with Gasteiger partial charge in [-0.15, -0.1) is 24.0 Å². The minimum absolute atomic E-state index is 0. The normalized spacial score (nSPS) is 11.6. The van der Waals surface area contributed by atoms with Crippen molar-refractivity contribution in [3.8, 4) is 5.75 Å². The van der Waals surface area contributed by atoms with Crippen LogP contribution in [-0.2, 0) is 23.1 Å². The van der Waals surface area contributed by atoms with Gasteiger partial charge < -0.3 is 15.4 Å². The number of ether oxygens (including phenoxy) is 1. The van der Waals surface area contributed by atoms with Crippen LogP contribution in [0.2, 0.25) is 0 Å². The smallest absolute Gasteiger partial charge is 0.238 e. The molecule has 4 N–H and O–H groups in total. The first kappa shape index (κ1) is 28.2. The SMILES string of the molecule is CCCCCCOc1cc(C)ccc1CNC(=NC)NCc1cccc(S(N)(=O)=O)c1.I. The highest BCUT2D eigenvalue weighted by Gasteiger charge is 2.09. The highest BCUT2D eigenvalue weighted by atomic mass is 127. The average Bonchev–Trinajstić information content (AvgIpc) is 2.74. The van der Waals surface area contributed by atoms with Gasteiger partial charge in [-0.1, -0.05) is 50.5 Å². The molecule has 0 heterocycles. The molecule has 0 saturated carbocycles. The minimum atomic E-state index is -3.72. The van der Waals surface area contributed by atoms with Crippen LogP contribution in [0.15, 0.2) is 52.4 Å². The number of primary sulfonamides is 1. The van der Waals surface area contributed by atoms with E-state index < -0.39 is 10.0 Å². The summed E-state index contributed by atoms with van der Waals surface area (Å²) < 4.78 is 29.1. The summed E-state index contributed by atoms with van der Waals surface area (Å²) in [6.07, 6.45) is 4.67. The second-order valence-corrected chi connectivity index (χ2v) is 9.05. The summed E-state index contributed by atoms with van der Waals surface area (Å²) in [4.78, 5) is 4.34. The van der Waals surface area contributed by atoms with Gasteiger partial charge in [0.1, 0.15) is 5.75 Å². The fourth-order valence-electron chi connectivity index (χ4n) is 3.07. The number of nitrogens with one attached hydrogen (secondary N) is 2. The molecule has 0 aromatic heterocycles. The molecular formula is C23H35IN4O3S. The van der Waals surface area contributed by atoms with Crippen molar-refractivity contribution in [1.29, 1.82) is 0 Å². The van der Waals surface area contributed by atoms with E-state index >= 15 is 0 Å². The summed E-state index contributed by atoms with van der Waals surface area (Å²) in [6.45, 7) is 5.93. The first-order valence-corrected chi connectivity index (χ1v) is 12.2. The van der Waals surface area contributed by atoms with Gasteiger partial charge in [0, 0.05) is 25.7 Å². The fourth-order valence-corrected chi connectivity index (χ4v) is 3.65. The molecule has 178 valence electrons. The van der Waals surface area contributed by atoms with Crippen LogP contribution in [0.3, 0.4) is 0 Å². The Morgan fingerprint density at radius 2 is 1.81 bits per heavy atom. The Hall–Kier alpha value is -1.85. The summed E-state index contributed by atoms with van der Waals surface area (Å²) in [6, 6.07) is 12.7. The van der Waals surface area contributed by atoms with E-state index in [9.17, 15) is 8.42 Å². The van der Waals surface area contributed by atoms with Crippen LogP contribution in [0.5, 0.6) is 5.75 Å². The molecule has 0 aliphatic carbocycles. The molecule has 0 saturated heterocycles. The first-order chi connectivity index (χ1) is 14.8. The van der Waals surface area contributed by atoms with Gasteiger partial charge in [-0.2, -0.15) is 0 Å². The predicted octanol–water partition coefficient (Wildman–Crippen LogP) is 4.08. The topological polar surface area (TPSA) is 106 Å². The van der Waals surface area contributed by atoms with E-state index in [4.69, 9.17) is 9.88 Å². The van der Waals surface area contributed by atoms with Gasteiger partial charge in [0.15, 0.2) is 5.96 Å². The van der Waals surface area contributed by atoms with E-state index in [1.165, 1.54) is 25.3 Å². The number of halogens is 1. The maximum Gasteiger partial charge on any atom is 0.238 e. The molecule has 0 fully saturated rings. The van der Waals surface area contributed by atoms with Crippen LogP contribution in [0, 0.1) is 6.92 Å². The summed E-state index contributed by atoms with van der Waals surface area (Å²) in [7, 11) is -2.03. The van der Waals surface area contributed by atoms with Crippen molar-refractivity contribution in [2.75, 3.05) is 13.7 Å². The lowest BCUT2D eigenvalue weighted by Gasteiger charge is -2.16. The number of unbranched alkanes of at least 4 members (excludes halogenated alkanes) is 3. The van der Waals surface area contributed by atoms with Gasteiger partial charge in [0.25, 0.3) is 0 Å². The number of rotatable bonds is 11. The van der Waals surface area contributed by atoms with Gasteiger partial charge in [-0.25, -0.2) is 13.6 Å². The molecule has 0 atom stereocenters. The second kappa shape index (κ2) is 14.3. The van der Waals surface area contributed by atoms with Gasteiger partial charge in [-0.3, -0.25) is 4.99 Å². The fraction of sp³-hybridized carbons (Fsp3) is 0.435. The molecule has 0 aliphatic rings. The highest BCUT2D eigenvalue weighted by Crippen LogP contribution is 2.21. The Morgan fingerprint density at radius 3 is 2.50 bits per heavy atom. The third-order valence-corrected chi connectivity index (χ3v) is 5.75. The third kappa shape index (κ3) is 9.74. The van der Waals surface area contributed by atoms with E-state index in [0.29, 0.717) is 25.7 Å². The minimum Gasteiger partial charge on any atom is -0.493 e. The van der Waals surface area contributed by atoms with Crippen molar-refractivity contribution >= 4 is 40.0 Å². The molecule has 0 bridgehead atoms. The lowest BCUT2D eigenvalue weighted by molar-refractivity contribution is 0.301. The van der Waals surface area contributed by atoms with E-state index in [1.54, 1.807) is 19.2 Å². The number of sulfonamides is 1. The molecule has 0 aliphatic heterocycles. The van der Waals surface area contributed by atoms with Crippen molar-refractivity contribution < 1.29 is 13.2 Å². The quantitative estimate of drug-likeness (QED) is 0.162. The van der Waals surface area contributed by atoms with Crippen LogP contribution in [0.4, 0.5) is 0 Å². The second-order valence-electron chi connectivity index (χ2n) is 7.49. The number of hydrogen-bond acceptors (Lipinski definition) is 4. The van der Waals surface area contributed by atoms with Crippen molar-refractivity contribution in [3.63, 3.8) is 0 Å². The zero-order valence-electron chi connectivity index (χ0n) is 19.1. The molecule has 32 heavy (non-hydrogen) atoms. The number of benzene rings is 2. The summed E-state index contributed by atoms with van der Waals surface area (Å²) in [5, 5.41) is 11.7. The van der Waals surface area contributed by atoms with Crippen molar-refractivity contribution in [1.82, 2.24) is 10.6 Å². The Morgan fingerprint density at radius 1 is 1.06 bits per heavy atom. The van der Waals surface area contributed by atoms with Gasteiger partial charge in [-0.05, 0) is 42.7 Å². The molecule has 0 amide bonds. The maximum atomic E-state index is 11.5. The Labute approximate surface area is 209 Å². The number of nitrogens with zero attached hydrogens (tertiary/aromatic N) is 1. The number of nitrogens with two attached hydrogens (primary N) is 1.